The SMILES string of the molecule is CC.CCC(C)C(C)C.CCCCCCCCCCCCSSCCC(=O)NCCCOC1COCC1OC(C)C. The van der Waals surface area contributed by atoms with Gasteiger partial charge in [-0.2, -0.15) is 0 Å². The Kier molecular flexibility index (Phi) is 34.7. The standard InChI is InChI=1S/C25H49NO4S2.C7H16.C2H6/c1-4-5-6-7-8-9-10-11-12-13-18-31-32-19-15-25(27)26-16-14-17-29-23-20-28-21-24(23)30-22(2)3;1-5-7(4)6(2)3;1-2/h22-24H,4-21H2,1-3H3,(H,26,27);6-7H,5H2,1-4H3;1-2H3. The van der Waals surface area contributed by atoms with Crippen molar-refractivity contribution >= 4 is 27.5 Å². The molecule has 0 aliphatic carbocycles. The van der Waals surface area contributed by atoms with Crippen LogP contribution in [0, 0.1) is 11.8 Å². The number of nitrogens with one attached hydrogen (secondary N) is 1. The maximum atomic E-state index is 11.9. The minimum atomic E-state index is 0.0112. The molecule has 41 heavy (non-hydrogen) atoms. The maximum Gasteiger partial charge on any atom is 0.220 e. The summed E-state index contributed by atoms with van der Waals surface area (Å²) in [6.07, 6.45) is 16.8. The van der Waals surface area contributed by atoms with Gasteiger partial charge in [-0.3, -0.25) is 4.79 Å². The van der Waals surface area contributed by atoms with Gasteiger partial charge in [0.2, 0.25) is 5.91 Å². The number of hydrogen-bond donors (Lipinski definition) is 1. The highest BCUT2D eigenvalue weighted by molar-refractivity contribution is 8.76. The molecular weight excluding hydrogens is 551 g/mol. The molecule has 1 heterocycles. The highest BCUT2D eigenvalue weighted by atomic mass is 33.1. The first-order valence-corrected chi connectivity index (χ1v) is 19.7. The zero-order chi connectivity index (χ0) is 31.1. The molecule has 3 unspecified atom stereocenters. The second-order valence-corrected chi connectivity index (χ2v) is 14.3. The third-order valence-electron chi connectivity index (χ3n) is 7.26. The van der Waals surface area contributed by atoms with Crippen molar-refractivity contribution < 1.29 is 19.0 Å². The average molecular weight is 622 g/mol. The zero-order valence-electron chi connectivity index (χ0n) is 28.8. The van der Waals surface area contributed by atoms with Gasteiger partial charge in [0.05, 0.1) is 19.3 Å². The van der Waals surface area contributed by atoms with Crippen molar-refractivity contribution in [2.45, 2.75) is 164 Å². The number of carbonyl (C=O) groups is 1. The molecule has 1 aliphatic heterocycles. The van der Waals surface area contributed by atoms with Crippen molar-refractivity contribution in [3.63, 3.8) is 0 Å². The van der Waals surface area contributed by atoms with Crippen LogP contribution in [0.1, 0.15) is 146 Å². The summed E-state index contributed by atoms with van der Waals surface area (Å²) in [5.74, 6) is 4.00. The van der Waals surface area contributed by atoms with E-state index in [2.05, 4.69) is 39.9 Å². The lowest BCUT2D eigenvalue weighted by atomic mass is 9.96. The lowest BCUT2D eigenvalue weighted by Crippen LogP contribution is -2.33. The number of amides is 1. The average Bonchev–Trinajstić information content (AvgIpc) is 3.39. The summed E-state index contributed by atoms with van der Waals surface area (Å²) in [7, 11) is 3.75. The molecule has 1 saturated heterocycles. The molecule has 0 saturated carbocycles. The van der Waals surface area contributed by atoms with Crippen LogP contribution in [-0.4, -0.2) is 62.1 Å². The van der Waals surface area contributed by atoms with Gasteiger partial charge in [-0.05, 0) is 38.5 Å². The fraction of sp³-hybridized carbons (Fsp3) is 0.971. The van der Waals surface area contributed by atoms with Crippen molar-refractivity contribution in [3.8, 4) is 0 Å². The van der Waals surface area contributed by atoms with E-state index < -0.39 is 0 Å². The lowest BCUT2D eigenvalue weighted by Gasteiger charge is -2.21. The molecule has 1 fully saturated rings. The van der Waals surface area contributed by atoms with Crippen LogP contribution in [0.4, 0.5) is 0 Å². The van der Waals surface area contributed by atoms with Gasteiger partial charge < -0.3 is 19.5 Å². The van der Waals surface area contributed by atoms with Crippen molar-refractivity contribution in [3.05, 3.63) is 0 Å². The van der Waals surface area contributed by atoms with E-state index in [1.54, 1.807) is 0 Å². The van der Waals surface area contributed by atoms with Gasteiger partial charge in [-0.25, -0.2) is 0 Å². The molecule has 1 amide bonds. The van der Waals surface area contributed by atoms with Crippen molar-refractivity contribution in [2.75, 3.05) is 37.9 Å². The van der Waals surface area contributed by atoms with Gasteiger partial charge in [-0.15, -0.1) is 0 Å². The Morgan fingerprint density at radius 3 is 1.90 bits per heavy atom. The topological polar surface area (TPSA) is 56.8 Å². The Morgan fingerprint density at radius 2 is 1.37 bits per heavy atom. The number of unbranched alkanes of at least 4 members (excludes halogenated alkanes) is 9. The van der Waals surface area contributed by atoms with E-state index in [1.807, 2.05) is 49.3 Å². The molecule has 1 N–H and O–H groups in total. The summed E-state index contributed by atoms with van der Waals surface area (Å²) in [4.78, 5) is 11.9. The van der Waals surface area contributed by atoms with E-state index in [4.69, 9.17) is 14.2 Å². The summed E-state index contributed by atoms with van der Waals surface area (Å²) in [5, 5.41) is 2.99. The normalized spacial score (nSPS) is 17.1. The molecule has 7 heteroatoms. The van der Waals surface area contributed by atoms with E-state index >= 15 is 0 Å². The third kappa shape index (κ3) is 29.9. The first kappa shape index (κ1) is 43.2. The first-order chi connectivity index (χ1) is 19.8. The van der Waals surface area contributed by atoms with E-state index in [1.165, 1.54) is 76.4 Å². The van der Waals surface area contributed by atoms with E-state index in [-0.39, 0.29) is 24.2 Å². The molecule has 0 spiro atoms. The zero-order valence-corrected chi connectivity index (χ0v) is 30.4. The predicted molar refractivity (Wildman–Crippen MR) is 185 cm³/mol. The van der Waals surface area contributed by atoms with Gasteiger partial charge in [0.1, 0.15) is 12.2 Å². The fourth-order valence-corrected chi connectivity index (χ4v) is 6.28. The van der Waals surface area contributed by atoms with Gasteiger partial charge in [-0.1, -0.05) is 134 Å². The van der Waals surface area contributed by atoms with E-state index in [0.717, 1.165) is 24.0 Å². The van der Waals surface area contributed by atoms with Crippen LogP contribution in [0.3, 0.4) is 0 Å². The molecule has 1 rings (SSSR count). The molecule has 0 aromatic heterocycles. The molecule has 0 aromatic carbocycles. The summed E-state index contributed by atoms with van der Waals surface area (Å²) in [6, 6.07) is 0. The molecule has 1 aliphatic rings. The quantitative estimate of drug-likeness (QED) is 0.0855. The van der Waals surface area contributed by atoms with Gasteiger partial charge >= 0.3 is 0 Å². The van der Waals surface area contributed by atoms with Crippen molar-refractivity contribution in [1.82, 2.24) is 5.32 Å². The van der Waals surface area contributed by atoms with Gasteiger partial charge in [0.15, 0.2) is 0 Å². The van der Waals surface area contributed by atoms with Crippen LogP contribution in [0.2, 0.25) is 0 Å². The largest absolute Gasteiger partial charge is 0.376 e. The molecule has 0 radical (unpaired) electrons. The Morgan fingerprint density at radius 1 is 0.805 bits per heavy atom. The first-order valence-electron chi connectivity index (χ1n) is 17.2. The summed E-state index contributed by atoms with van der Waals surface area (Å²) < 4.78 is 17.1. The Balaban J connectivity index is 0. The summed E-state index contributed by atoms with van der Waals surface area (Å²) in [6.45, 7) is 21.9. The van der Waals surface area contributed by atoms with Crippen LogP contribution in [-0.2, 0) is 19.0 Å². The number of ether oxygens (including phenoxy) is 3. The summed E-state index contributed by atoms with van der Waals surface area (Å²) in [5.41, 5.74) is 0. The maximum absolute atomic E-state index is 11.9. The number of rotatable bonds is 24. The lowest BCUT2D eigenvalue weighted by molar-refractivity contribution is -0.120. The van der Waals surface area contributed by atoms with Gasteiger partial charge in [0.25, 0.3) is 0 Å². The predicted octanol–water partition coefficient (Wildman–Crippen LogP) is 10.1. The van der Waals surface area contributed by atoms with Crippen LogP contribution in [0.5, 0.6) is 0 Å². The van der Waals surface area contributed by atoms with Crippen LogP contribution >= 0.6 is 21.6 Å². The minimum absolute atomic E-state index is 0.0112. The third-order valence-corrected chi connectivity index (χ3v) is 9.75. The molecule has 248 valence electrons. The Bertz CT molecular complexity index is 537. The van der Waals surface area contributed by atoms with Crippen molar-refractivity contribution in [1.29, 1.82) is 0 Å². The Hall–Kier alpha value is 0.0500. The fourth-order valence-electron chi connectivity index (χ4n) is 4.14. The van der Waals surface area contributed by atoms with E-state index in [9.17, 15) is 4.79 Å². The van der Waals surface area contributed by atoms with Crippen LogP contribution in [0.15, 0.2) is 0 Å². The highest BCUT2D eigenvalue weighted by Crippen LogP contribution is 2.24. The van der Waals surface area contributed by atoms with Crippen LogP contribution < -0.4 is 5.32 Å². The molecule has 0 aromatic rings. The highest BCUT2D eigenvalue weighted by Gasteiger charge is 2.30. The molecular formula is C34H71NO4S2. The van der Waals surface area contributed by atoms with Crippen molar-refractivity contribution in [2.24, 2.45) is 11.8 Å². The summed E-state index contributed by atoms with van der Waals surface area (Å²) >= 11 is 0. The van der Waals surface area contributed by atoms with E-state index in [0.29, 0.717) is 32.8 Å². The molecule has 5 nitrogen and oxygen atoms in total. The molecule has 0 bridgehead atoms. The monoisotopic (exact) mass is 621 g/mol. The Labute approximate surface area is 264 Å². The smallest absolute Gasteiger partial charge is 0.220 e. The second-order valence-electron chi connectivity index (χ2n) is 11.6. The van der Waals surface area contributed by atoms with Crippen LogP contribution in [0.25, 0.3) is 0 Å². The molecule has 3 atom stereocenters. The second kappa shape index (κ2) is 33.0. The number of carbonyl (C=O) groups excluding carboxylic acids is 1. The number of hydrogen-bond acceptors (Lipinski definition) is 6. The van der Waals surface area contributed by atoms with Gasteiger partial charge in [0, 0.05) is 31.1 Å². The minimum Gasteiger partial charge on any atom is -0.376 e.